The lowest BCUT2D eigenvalue weighted by atomic mass is 9.84. The summed E-state index contributed by atoms with van der Waals surface area (Å²) in [5.74, 6) is 0.0571. The van der Waals surface area contributed by atoms with Gasteiger partial charge in [-0.15, -0.1) is 0 Å². The molecule has 148 valence electrons. The number of rotatable bonds is 5. The highest BCUT2D eigenvalue weighted by molar-refractivity contribution is 6.30. The van der Waals surface area contributed by atoms with Gasteiger partial charge in [-0.25, -0.2) is 0 Å². The molecular weight excluding hydrogens is 374 g/mol. The van der Waals surface area contributed by atoms with Gasteiger partial charge >= 0.3 is 5.97 Å². The lowest BCUT2D eigenvalue weighted by molar-refractivity contribution is -0.144. The van der Waals surface area contributed by atoms with E-state index in [1.54, 1.807) is 0 Å². The molecule has 1 saturated heterocycles. The first-order chi connectivity index (χ1) is 13.5. The van der Waals surface area contributed by atoms with Gasteiger partial charge in [0, 0.05) is 24.7 Å². The SMILES string of the molecule is COC(=O)[C@]1(c2ccc(Cl)cc2)C[C@@H]1CN1CCC(O)(c2ccccc2)CC1. The Kier molecular flexibility index (Phi) is 5.21. The monoisotopic (exact) mass is 399 g/mol. The summed E-state index contributed by atoms with van der Waals surface area (Å²) >= 11 is 6.02. The molecule has 0 radical (unpaired) electrons. The van der Waals surface area contributed by atoms with Crippen molar-refractivity contribution in [1.82, 2.24) is 4.90 Å². The molecule has 4 nitrogen and oxygen atoms in total. The van der Waals surface area contributed by atoms with Gasteiger partial charge in [0.1, 0.15) is 0 Å². The molecule has 1 aliphatic heterocycles. The molecular formula is C23H26ClNO3. The van der Waals surface area contributed by atoms with Gasteiger partial charge in [0.2, 0.25) is 0 Å². The molecule has 0 spiro atoms. The summed E-state index contributed by atoms with van der Waals surface area (Å²) in [6, 6.07) is 17.4. The van der Waals surface area contributed by atoms with Crippen LogP contribution >= 0.6 is 11.6 Å². The van der Waals surface area contributed by atoms with Gasteiger partial charge in [0.25, 0.3) is 0 Å². The van der Waals surface area contributed by atoms with Crippen molar-refractivity contribution in [1.29, 1.82) is 0 Å². The van der Waals surface area contributed by atoms with E-state index >= 15 is 0 Å². The molecule has 2 atom stereocenters. The van der Waals surface area contributed by atoms with Gasteiger partial charge in [0.15, 0.2) is 0 Å². The number of likely N-dealkylation sites (tertiary alicyclic amines) is 1. The Balaban J connectivity index is 1.43. The van der Waals surface area contributed by atoms with Crippen LogP contribution in [0.25, 0.3) is 0 Å². The number of aliphatic hydroxyl groups is 1. The van der Waals surface area contributed by atoms with Gasteiger partial charge in [0.05, 0.1) is 18.1 Å². The van der Waals surface area contributed by atoms with E-state index in [-0.39, 0.29) is 11.9 Å². The molecule has 28 heavy (non-hydrogen) atoms. The van der Waals surface area contributed by atoms with E-state index in [2.05, 4.69) is 4.90 Å². The number of hydrogen-bond donors (Lipinski definition) is 1. The highest BCUT2D eigenvalue weighted by atomic mass is 35.5. The van der Waals surface area contributed by atoms with Gasteiger partial charge in [-0.2, -0.15) is 0 Å². The third-order valence-electron chi connectivity index (χ3n) is 6.49. The molecule has 0 aromatic heterocycles. The van der Waals surface area contributed by atoms with Gasteiger partial charge in [-0.3, -0.25) is 4.79 Å². The number of methoxy groups -OCH3 is 1. The van der Waals surface area contributed by atoms with Crippen LogP contribution < -0.4 is 0 Å². The smallest absolute Gasteiger partial charge is 0.316 e. The number of benzene rings is 2. The average Bonchev–Trinajstić information content (AvgIpc) is 3.45. The van der Waals surface area contributed by atoms with Crippen LogP contribution in [0.4, 0.5) is 0 Å². The molecule has 1 saturated carbocycles. The molecule has 0 bridgehead atoms. The standard InChI is InChI=1S/C23H26ClNO3/c1-28-21(26)23(18-7-9-20(24)10-8-18)15-19(23)16-25-13-11-22(27,12-14-25)17-5-3-2-4-6-17/h2-10,19,27H,11-16H2,1H3/t19-,23+/m1/s1. The summed E-state index contributed by atoms with van der Waals surface area (Å²) in [4.78, 5) is 15.0. The number of carbonyl (C=O) groups excluding carboxylic acids is 1. The van der Waals surface area contributed by atoms with Crippen molar-refractivity contribution >= 4 is 17.6 Å². The van der Waals surface area contributed by atoms with Crippen LogP contribution in [0.5, 0.6) is 0 Å². The van der Waals surface area contributed by atoms with E-state index in [1.165, 1.54) is 7.11 Å². The molecule has 1 heterocycles. The lowest BCUT2D eigenvalue weighted by Gasteiger charge is -2.39. The van der Waals surface area contributed by atoms with Crippen LogP contribution in [0.2, 0.25) is 5.02 Å². The van der Waals surface area contributed by atoms with Gasteiger partial charge in [-0.05, 0) is 48.4 Å². The molecule has 0 amide bonds. The maximum Gasteiger partial charge on any atom is 0.316 e. The van der Waals surface area contributed by atoms with E-state index in [0.29, 0.717) is 17.9 Å². The summed E-state index contributed by atoms with van der Waals surface area (Å²) in [5.41, 5.74) is 0.654. The quantitative estimate of drug-likeness (QED) is 0.778. The second kappa shape index (κ2) is 7.51. The Morgan fingerprint density at radius 1 is 1.11 bits per heavy atom. The van der Waals surface area contributed by atoms with Crippen LogP contribution in [0, 0.1) is 5.92 Å². The molecule has 2 aromatic rings. The number of carbonyl (C=O) groups is 1. The second-order valence-electron chi connectivity index (χ2n) is 8.07. The topological polar surface area (TPSA) is 49.8 Å². The van der Waals surface area contributed by atoms with Crippen molar-refractivity contribution in [2.75, 3.05) is 26.7 Å². The fraction of sp³-hybridized carbons (Fsp3) is 0.435. The van der Waals surface area contributed by atoms with E-state index in [9.17, 15) is 9.90 Å². The Labute approximate surface area is 171 Å². The number of piperidine rings is 1. The van der Waals surface area contributed by atoms with E-state index < -0.39 is 11.0 Å². The highest BCUT2D eigenvalue weighted by Crippen LogP contribution is 2.55. The molecule has 1 aliphatic carbocycles. The van der Waals surface area contributed by atoms with Crippen LogP contribution in [0.15, 0.2) is 54.6 Å². The van der Waals surface area contributed by atoms with E-state index in [1.807, 2.05) is 54.6 Å². The summed E-state index contributed by atoms with van der Waals surface area (Å²) in [5, 5.41) is 11.7. The van der Waals surface area contributed by atoms with E-state index in [4.69, 9.17) is 16.3 Å². The molecule has 0 unspecified atom stereocenters. The first-order valence-corrected chi connectivity index (χ1v) is 10.2. The number of ether oxygens (including phenoxy) is 1. The van der Waals surface area contributed by atoms with Gasteiger partial charge in [-0.1, -0.05) is 54.1 Å². The number of esters is 1. The number of nitrogens with zero attached hydrogens (tertiary/aromatic N) is 1. The fourth-order valence-electron chi connectivity index (χ4n) is 4.66. The minimum Gasteiger partial charge on any atom is -0.468 e. The molecule has 2 aromatic carbocycles. The molecule has 2 fully saturated rings. The minimum atomic E-state index is -0.753. The van der Waals surface area contributed by atoms with Crippen LogP contribution in [0.1, 0.15) is 30.4 Å². The predicted molar refractivity (Wildman–Crippen MR) is 109 cm³/mol. The third kappa shape index (κ3) is 3.45. The zero-order valence-corrected chi connectivity index (χ0v) is 16.9. The first-order valence-electron chi connectivity index (χ1n) is 9.83. The highest BCUT2D eigenvalue weighted by Gasteiger charge is 2.62. The average molecular weight is 400 g/mol. The Bertz CT molecular complexity index is 831. The Hall–Kier alpha value is -1.88. The van der Waals surface area contributed by atoms with Crippen molar-refractivity contribution in [3.05, 3.63) is 70.7 Å². The normalized spacial score (nSPS) is 26.6. The second-order valence-corrected chi connectivity index (χ2v) is 8.51. The third-order valence-corrected chi connectivity index (χ3v) is 6.74. The zero-order valence-electron chi connectivity index (χ0n) is 16.1. The maximum atomic E-state index is 12.6. The van der Waals surface area contributed by atoms with Crippen LogP contribution in [0.3, 0.4) is 0 Å². The number of halogens is 1. The Morgan fingerprint density at radius 3 is 2.36 bits per heavy atom. The Morgan fingerprint density at radius 2 is 1.75 bits per heavy atom. The van der Waals surface area contributed by atoms with Crippen molar-refractivity contribution < 1.29 is 14.6 Å². The fourth-order valence-corrected chi connectivity index (χ4v) is 4.78. The lowest BCUT2D eigenvalue weighted by Crippen LogP contribution is -2.44. The first kappa shape index (κ1) is 19.4. The summed E-state index contributed by atoms with van der Waals surface area (Å²) in [6.45, 7) is 2.47. The largest absolute Gasteiger partial charge is 0.468 e. The van der Waals surface area contributed by atoms with Crippen LogP contribution in [-0.4, -0.2) is 42.7 Å². The molecule has 4 rings (SSSR count). The molecule has 2 aliphatic rings. The number of hydrogen-bond acceptors (Lipinski definition) is 4. The van der Waals surface area contributed by atoms with Crippen molar-refractivity contribution in [3.63, 3.8) is 0 Å². The van der Waals surface area contributed by atoms with Crippen molar-refractivity contribution in [3.8, 4) is 0 Å². The zero-order chi connectivity index (χ0) is 19.8. The maximum absolute atomic E-state index is 12.6. The summed E-state index contributed by atoms with van der Waals surface area (Å²) < 4.78 is 5.14. The van der Waals surface area contributed by atoms with E-state index in [0.717, 1.165) is 37.2 Å². The summed E-state index contributed by atoms with van der Waals surface area (Å²) in [6.07, 6.45) is 2.20. The molecule has 5 heteroatoms. The van der Waals surface area contributed by atoms with Crippen molar-refractivity contribution in [2.45, 2.75) is 30.3 Å². The molecule has 1 N–H and O–H groups in total. The van der Waals surface area contributed by atoms with Gasteiger partial charge < -0.3 is 14.7 Å². The predicted octanol–water partition coefficient (Wildman–Crippen LogP) is 3.75. The van der Waals surface area contributed by atoms with Crippen molar-refractivity contribution in [2.24, 2.45) is 5.92 Å². The minimum absolute atomic E-state index is 0.169. The van der Waals surface area contributed by atoms with Crippen LogP contribution in [-0.2, 0) is 20.5 Å². The summed E-state index contributed by atoms with van der Waals surface area (Å²) in [7, 11) is 1.45.